The third-order valence-electron chi connectivity index (χ3n) is 8.81. The maximum atomic E-state index is 12.4. The van der Waals surface area contributed by atoms with Gasteiger partial charge in [0.1, 0.15) is 6.10 Å². The van der Waals surface area contributed by atoms with Crippen molar-refractivity contribution in [3.63, 3.8) is 0 Å². The lowest BCUT2D eigenvalue weighted by molar-refractivity contribution is -0.154. The van der Waals surface area contributed by atoms with E-state index in [0.29, 0.717) is 37.5 Å². The Kier molecular flexibility index (Phi) is 6.73. The molecule has 0 aromatic carbocycles. The van der Waals surface area contributed by atoms with Gasteiger partial charge >= 0.3 is 5.97 Å². The van der Waals surface area contributed by atoms with Crippen LogP contribution in [0.1, 0.15) is 84.5 Å². The number of fused-ring (bicyclic) bond motifs is 1. The summed E-state index contributed by atoms with van der Waals surface area (Å²) in [6, 6.07) is 0. The molecular weight excluding hydrogens is 404 g/mol. The van der Waals surface area contributed by atoms with E-state index in [1.165, 1.54) is 5.57 Å². The molecule has 0 amide bonds. The molecule has 0 spiro atoms. The van der Waals surface area contributed by atoms with E-state index >= 15 is 0 Å². The molecule has 0 saturated heterocycles. The van der Waals surface area contributed by atoms with Crippen LogP contribution in [0, 0.1) is 17.3 Å². The number of carbonyl (C=O) groups excluding carboxylic acids is 1. The molecule has 32 heavy (non-hydrogen) atoms. The molecule has 6 atom stereocenters. The van der Waals surface area contributed by atoms with Crippen molar-refractivity contribution in [2.45, 2.75) is 108 Å². The minimum Gasteiger partial charge on any atom is -0.462 e. The number of aliphatic hydroxyl groups is 3. The Bertz CT molecular complexity index is 807. The summed E-state index contributed by atoms with van der Waals surface area (Å²) in [7, 11) is 0. The molecule has 0 aromatic rings. The maximum absolute atomic E-state index is 12.4. The average Bonchev–Trinajstić information content (AvgIpc) is 3.36. The number of hydrogen-bond donors (Lipinski definition) is 3. The Morgan fingerprint density at radius 1 is 1.25 bits per heavy atom. The Hall–Kier alpha value is -1.43. The predicted octanol–water partition coefficient (Wildman–Crippen LogP) is 4.36. The van der Waals surface area contributed by atoms with Gasteiger partial charge in [0.15, 0.2) is 0 Å². The standard InChI is InChI=1S/C27H40O5/c1-17-20(15-21(28)16-24(17)29)7-6-19-5-4-11-26(3)22(8-9-23(19)26)18(2)32-25(30)10-12-27(31)13-14-27/h6-7,18,21-24,28-29,31H,1,4-5,8-16H2,2-3H3/b19-6+,20-7-/t18-,21+,22+,23-,24-,26+/m0/s1. The van der Waals surface area contributed by atoms with Gasteiger partial charge in [-0.15, -0.1) is 0 Å². The molecule has 5 heteroatoms. The van der Waals surface area contributed by atoms with Crippen molar-refractivity contribution in [3.05, 3.63) is 35.5 Å². The summed E-state index contributed by atoms with van der Waals surface area (Å²) in [4.78, 5) is 12.4. The molecule has 5 nitrogen and oxygen atoms in total. The van der Waals surface area contributed by atoms with Gasteiger partial charge in [0, 0.05) is 18.8 Å². The summed E-state index contributed by atoms with van der Waals surface area (Å²) in [5, 5.41) is 30.1. The van der Waals surface area contributed by atoms with Crippen molar-refractivity contribution in [1.82, 2.24) is 0 Å². The maximum Gasteiger partial charge on any atom is 0.306 e. The molecular formula is C27H40O5. The largest absolute Gasteiger partial charge is 0.462 e. The third-order valence-corrected chi connectivity index (χ3v) is 8.81. The number of aliphatic hydroxyl groups excluding tert-OH is 2. The Morgan fingerprint density at radius 2 is 2.00 bits per heavy atom. The van der Waals surface area contributed by atoms with Crippen LogP contribution >= 0.6 is 0 Å². The minimum atomic E-state index is -0.660. The zero-order chi connectivity index (χ0) is 23.1. The molecule has 3 N–H and O–H groups in total. The van der Waals surface area contributed by atoms with E-state index in [-0.39, 0.29) is 17.5 Å². The van der Waals surface area contributed by atoms with Crippen molar-refractivity contribution in [2.24, 2.45) is 17.3 Å². The summed E-state index contributed by atoms with van der Waals surface area (Å²) >= 11 is 0. The van der Waals surface area contributed by atoms with Crippen LogP contribution in [0.5, 0.6) is 0 Å². The summed E-state index contributed by atoms with van der Waals surface area (Å²) in [6.45, 7) is 8.43. The van der Waals surface area contributed by atoms with Crippen molar-refractivity contribution in [1.29, 1.82) is 0 Å². The van der Waals surface area contributed by atoms with Crippen molar-refractivity contribution in [2.75, 3.05) is 0 Å². The lowest BCUT2D eigenvalue weighted by Crippen LogP contribution is -2.39. The number of esters is 1. The summed E-state index contributed by atoms with van der Waals surface area (Å²) < 4.78 is 5.85. The van der Waals surface area contributed by atoms with Gasteiger partial charge in [-0.3, -0.25) is 4.79 Å². The van der Waals surface area contributed by atoms with E-state index in [1.54, 1.807) is 0 Å². The first-order valence-corrected chi connectivity index (χ1v) is 12.5. The lowest BCUT2D eigenvalue weighted by atomic mass is 9.62. The highest BCUT2D eigenvalue weighted by Gasteiger charge is 2.51. The molecule has 0 unspecified atom stereocenters. The zero-order valence-electron chi connectivity index (χ0n) is 19.7. The fourth-order valence-corrected chi connectivity index (χ4v) is 6.59. The Morgan fingerprint density at radius 3 is 2.72 bits per heavy atom. The van der Waals surface area contributed by atoms with Crippen LogP contribution in [0.15, 0.2) is 35.5 Å². The normalized spacial score (nSPS) is 39.7. The number of ether oxygens (including phenoxy) is 1. The highest BCUT2D eigenvalue weighted by molar-refractivity contribution is 5.69. The molecule has 0 bridgehead atoms. The molecule has 4 aliphatic rings. The average molecular weight is 445 g/mol. The fourth-order valence-electron chi connectivity index (χ4n) is 6.59. The van der Waals surface area contributed by atoms with Crippen LogP contribution in [0.4, 0.5) is 0 Å². The van der Waals surface area contributed by atoms with Crippen molar-refractivity contribution >= 4 is 5.97 Å². The van der Waals surface area contributed by atoms with Gasteiger partial charge in [-0.25, -0.2) is 0 Å². The number of rotatable bonds is 6. The Labute approximate surface area is 192 Å². The molecule has 0 heterocycles. The quantitative estimate of drug-likeness (QED) is 0.530. The van der Waals surface area contributed by atoms with E-state index in [0.717, 1.165) is 56.1 Å². The van der Waals surface area contributed by atoms with E-state index in [4.69, 9.17) is 4.74 Å². The van der Waals surface area contributed by atoms with E-state index < -0.39 is 17.8 Å². The molecule has 0 aromatic heterocycles. The van der Waals surface area contributed by atoms with Gasteiger partial charge in [0.25, 0.3) is 0 Å². The van der Waals surface area contributed by atoms with Crippen LogP contribution in [0.25, 0.3) is 0 Å². The molecule has 4 saturated carbocycles. The zero-order valence-corrected chi connectivity index (χ0v) is 19.7. The summed E-state index contributed by atoms with van der Waals surface area (Å²) in [5.74, 6) is 0.623. The first-order chi connectivity index (χ1) is 15.1. The van der Waals surface area contributed by atoms with Crippen LogP contribution in [-0.2, 0) is 9.53 Å². The van der Waals surface area contributed by atoms with E-state index in [2.05, 4.69) is 25.7 Å². The van der Waals surface area contributed by atoms with E-state index in [9.17, 15) is 20.1 Å². The van der Waals surface area contributed by atoms with Crippen molar-refractivity contribution < 1.29 is 24.9 Å². The van der Waals surface area contributed by atoms with E-state index in [1.807, 2.05) is 6.92 Å². The van der Waals surface area contributed by atoms with Crippen LogP contribution in [0.3, 0.4) is 0 Å². The van der Waals surface area contributed by atoms with Crippen LogP contribution in [0.2, 0.25) is 0 Å². The molecule has 178 valence electrons. The van der Waals surface area contributed by atoms with Crippen LogP contribution in [-0.4, -0.2) is 45.2 Å². The van der Waals surface area contributed by atoms with Gasteiger partial charge in [-0.05, 0) is 87.2 Å². The van der Waals surface area contributed by atoms with Crippen LogP contribution < -0.4 is 0 Å². The SMILES string of the molecule is C=C1/C(=C\C=C2/CCC[C@]3(C)[C@@H]([C@H](C)OC(=O)CCC4(O)CC4)CC[C@@H]23)C[C@@H](O)C[C@@H]1O. The second kappa shape index (κ2) is 9.08. The molecule has 0 aliphatic heterocycles. The number of allylic oxidation sites excluding steroid dienone is 3. The lowest BCUT2D eigenvalue weighted by Gasteiger charge is -2.44. The van der Waals surface area contributed by atoms with Gasteiger partial charge < -0.3 is 20.1 Å². The minimum absolute atomic E-state index is 0.111. The van der Waals surface area contributed by atoms with Gasteiger partial charge in [0.2, 0.25) is 0 Å². The van der Waals surface area contributed by atoms with Gasteiger partial charge in [0.05, 0.1) is 17.8 Å². The smallest absolute Gasteiger partial charge is 0.306 e. The second-order valence-electron chi connectivity index (χ2n) is 11.1. The number of hydrogen-bond acceptors (Lipinski definition) is 5. The van der Waals surface area contributed by atoms with Gasteiger partial charge in [-0.1, -0.05) is 31.2 Å². The molecule has 0 radical (unpaired) electrons. The molecule has 4 rings (SSSR count). The first-order valence-electron chi connectivity index (χ1n) is 12.5. The third kappa shape index (κ3) is 4.90. The second-order valence-corrected chi connectivity index (χ2v) is 11.1. The highest BCUT2D eigenvalue weighted by Crippen LogP contribution is 2.58. The van der Waals surface area contributed by atoms with Gasteiger partial charge in [-0.2, -0.15) is 0 Å². The monoisotopic (exact) mass is 444 g/mol. The summed E-state index contributed by atoms with van der Waals surface area (Å²) in [5.41, 5.74) is 2.61. The summed E-state index contributed by atoms with van der Waals surface area (Å²) in [6.07, 6.45) is 11.8. The number of carbonyl (C=O) groups is 1. The predicted molar refractivity (Wildman–Crippen MR) is 124 cm³/mol. The van der Waals surface area contributed by atoms with Crippen molar-refractivity contribution in [3.8, 4) is 0 Å². The molecule has 4 fully saturated rings. The highest BCUT2D eigenvalue weighted by atomic mass is 16.5. The first kappa shape index (κ1) is 23.7. The topological polar surface area (TPSA) is 87.0 Å². The molecule has 4 aliphatic carbocycles. The fraction of sp³-hybridized carbons (Fsp3) is 0.741. The Balaban J connectivity index is 1.42.